The van der Waals surface area contributed by atoms with Gasteiger partial charge in [0, 0.05) is 18.1 Å². The molecule has 0 saturated heterocycles. The fourth-order valence-electron chi connectivity index (χ4n) is 4.00. The smallest absolute Gasteiger partial charge is 0.269 e. The topological polar surface area (TPSA) is 64.4 Å². The average Bonchev–Trinajstić information content (AvgIpc) is 3.12. The third-order valence-corrected chi connectivity index (χ3v) is 5.12. The van der Waals surface area contributed by atoms with Crippen LogP contribution in [0.1, 0.15) is 36.4 Å². The molecule has 5 heteroatoms. The molecule has 0 aromatic heterocycles. The second-order valence-electron chi connectivity index (χ2n) is 6.48. The van der Waals surface area contributed by atoms with Crippen LogP contribution in [0.15, 0.2) is 54.6 Å². The number of nitro benzene ring substituents is 1. The average molecular weight is 336 g/mol. The van der Waals surface area contributed by atoms with E-state index in [-0.39, 0.29) is 16.7 Å². The van der Waals surface area contributed by atoms with E-state index >= 15 is 0 Å². The maximum Gasteiger partial charge on any atom is 0.269 e. The minimum atomic E-state index is -0.361. The molecule has 3 atom stereocenters. The summed E-state index contributed by atoms with van der Waals surface area (Å²) in [5.41, 5.74) is 3.50. The molecule has 2 aliphatic rings. The zero-order valence-corrected chi connectivity index (χ0v) is 14.0. The molecule has 0 spiro atoms. The van der Waals surface area contributed by atoms with Gasteiger partial charge < -0.3 is 10.1 Å². The number of anilines is 1. The molecular formula is C20H20N2O3. The van der Waals surface area contributed by atoms with Gasteiger partial charge in [0.25, 0.3) is 5.69 Å². The minimum absolute atomic E-state index is 0.106. The summed E-state index contributed by atoms with van der Waals surface area (Å²) in [5.74, 6) is 1.62. The number of nitrogens with one attached hydrogen (secondary N) is 1. The molecular weight excluding hydrogens is 316 g/mol. The highest BCUT2D eigenvalue weighted by molar-refractivity contribution is 5.67. The van der Waals surface area contributed by atoms with E-state index in [2.05, 4.69) is 23.5 Å². The molecule has 2 aromatic carbocycles. The van der Waals surface area contributed by atoms with E-state index < -0.39 is 0 Å². The van der Waals surface area contributed by atoms with E-state index in [1.54, 1.807) is 12.1 Å². The summed E-state index contributed by atoms with van der Waals surface area (Å²) in [4.78, 5) is 10.6. The molecule has 1 aliphatic carbocycles. The molecule has 0 bridgehead atoms. The first-order valence-corrected chi connectivity index (χ1v) is 8.62. The highest BCUT2D eigenvalue weighted by atomic mass is 16.6. The van der Waals surface area contributed by atoms with E-state index in [1.165, 1.54) is 5.56 Å². The Balaban J connectivity index is 1.74. The fraction of sp³-hybridized carbons (Fsp3) is 0.300. The van der Waals surface area contributed by atoms with Crippen molar-refractivity contribution >= 4 is 11.4 Å². The van der Waals surface area contributed by atoms with Crippen molar-refractivity contribution in [2.45, 2.75) is 25.3 Å². The van der Waals surface area contributed by atoms with Crippen molar-refractivity contribution in [3.05, 3.63) is 75.9 Å². The van der Waals surface area contributed by atoms with E-state index in [9.17, 15) is 10.1 Å². The Bertz CT molecular complexity index is 829. The maximum atomic E-state index is 10.9. The lowest BCUT2D eigenvalue weighted by molar-refractivity contribution is -0.384. The SMILES string of the molecule is CCOc1cccc2c1N[C@H](c1ccc([N+](=O)[O-])cc1)[C@H]1CC=C[C@H]21. The standard InChI is InChI=1S/C20H20N2O3/c1-2-25-18-8-4-7-17-15-5-3-6-16(15)19(21-20(17)18)13-9-11-14(12-10-13)22(23)24/h3-5,7-12,15-16,19,21H,2,6H2,1H3/t15-,16-,19+/m0/s1. The van der Waals surface area contributed by atoms with E-state index in [0.29, 0.717) is 18.4 Å². The monoisotopic (exact) mass is 336 g/mol. The van der Waals surface area contributed by atoms with Crippen molar-refractivity contribution in [2.75, 3.05) is 11.9 Å². The molecule has 0 saturated carbocycles. The zero-order chi connectivity index (χ0) is 17.4. The molecule has 1 N–H and O–H groups in total. The van der Waals surface area contributed by atoms with Gasteiger partial charge in [0.1, 0.15) is 5.75 Å². The number of nitro groups is 1. The predicted octanol–water partition coefficient (Wildman–Crippen LogP) is 4.82. The number of hydrogen-bond acceptors (Lipinski definition) is 4. The van der Waals surface area contributed by atoms with Gasteiger partial charge in [-0.2, -0.15) is 0 Å². The number of fused-ring (bicyclic) bond motifs is 3. The summed E-state index contributed by atoms with van der Waals surface area (Å²) >= 11 is 0. The lowest BCUT2D eigenvalue weighted by Gasteiger charge is -2.38. The number of benzene rings is 2. The van der Waals surface area contributed by atoms with Crippen molar-refractivity contribution in [1.82, 2.24) is 0 Å². The highest BCUT2D eigenvalue weighted by Gasteiger charge is 2.39. The first-order chi connectivity index (χ1) is 12.2. The van der Waals surface area contributed by atoms with E-state index in [0.717, 1.165) is 23.4 Å². The Morgan fingerprint density at radius 1 is 1.24 bits per heavy atom. The Morgan fingerprint density at radius 3 is 2.76 bits per heavy atom. The molecule has 5 nitrogen and oxygen atoms in total. The van der Waals surface area contributed by atoms with Gasteiger partial charge in [0.15, 0.2) is 0 Å². The summed E-state index contributed by atoms with van der Waals surface area (Å²) in [6, 6.07) is 13.2. The van der Waals surface area contributed by atoms with Crippen molar-refractivity contribution in [3.8, 4) is 5.75 Å². The van der Waals surface area contributed by atoms with Crippen LogP contribution in [0, 0.1) is 16.0 Å². The molecule has 1 heterocycles. The molecule has 0 fully saturated rings. The summed E-state index contributed by atoms with van der Waals surface area (Å²) in [6.45, 7) is 2.60. The van der Waals surface area contributed by atoms with Gasteiger partial charge in [-0.15, -0.1) is 0 Å². The third kappa shape index (κ3) is 2.65. The number of rotatable bonds is 4. The van der Waals surface area contributed by atoms with Crippen molar-refractivity contribution in [2.24, 2.45) is 5.92 Å². The highest BCUT2D eigenvalue weighted by Crippen LogP contribution is 2.52. The molecule has 0 unspecified atom stereocenters. The largest absolute Gasteiger partial charge is 0.492 e. The zero-order valence-electron chi connectivity index (χ0n) is 14.0. The van der Waals surface area contributed by atoms with Crippen LogP contribution in [0.25, 0.3) is 0 Å². The number of non-ortho nitro benzene ring substituents is 1. The van der Waals surface area contributed by atoms with Gasteiger partial charge in [-0.3, -0.25) is 10.1 Å². The van der Waals surface area contributed by atoms with Crippen LogP contribution in [-0.2, 0) is 0 Å². The second kappa shape index (κ2) is 6.24. The normalized spacial score (nSPS) is 23.5. The number of hydrogen-bond donors (Lipinski definition) is 1. The molecule has 128 valence electrons. The molecule has 4 rings (SSSR count). The molecule has 0 amide bonds. The lowest BCUT2D eigenvalue weighted by atomic mass is 9.77. The first-order valence-electron chi connectivity index (χ1n) is 8.62. The van der Waals surface area contributed by atoms with Crippen molar-refractivity contribution in [3.63, 3.8) is 0 Å². The summed E-state index contributed by atoms with van der Waals surface area (Å²) in [6.07, 6.45) is 5.51. The number of para-hydroxylation sites is 1. The Kier molecular flexibility index (Phi) is 3.92. The van der Waals surface area contributed by atoms with Gasteiger partial charge >= 0.3 is 0 Å². The van der Waals surface area contributed by atoms with E-state index in [4.69, 9.17) is 4.74 Å². The Morgan fingerprint density at radius 2 is 2.04 bits per heavy atom. The summed E-state index contributed by atoms with van der Waals surface area (Å²) in [7, 11) is 0. The Hall–Kier alpha value is -2.82. The third-order valence-electron chi connectivity index (χ3n) is 5.12. The van der Waals surface area contributed by atoms with Crippen LogP contribution in [0.3, 0.4) is 0 Å². The van der Waals surface area contributed by atoms with Crippen molar-refractivity contribution < 1.29 is 9.66 Å². The molecule has 2 aromatic rings. The number of ether oxygens (including phenoxy) is 1. The quantitative estimate of drug-likeness (QED) is 0.494. The van der Waals surface area contributed by atoms with Crippen LogP contribution >= 0.6 is 0 Å². The maximum absolute atomic E-state index is 10.9. The predicted molar refractivity (Wildman–Crippen MR) is 97.1 cm³/mol. The second-order valence-corrected chi connectivity index (χ2v) is 6.48. The van der Waals surface area contributed by atoms with E-state index in [1.807, 2.05) is 31.2 Å². The fourth-order valence-corrected chi connectivity index (χ4v) is 4.00. The minimum Gasteiger partial charge on any atom is -0.492 e. The van der Waals surface area contributed by atoms with Gasteiger partial charge in [-0.05, 0) is 36.5 Å². The van der Waals surface area contributed by atoms with Crippen LogP contribution in [0.2, 0.25) is 0 Å². The number of nitrogens with zero attached hydrogens (tertiary/aromatic N) is 1. The first kappa shape index (κ1) is 15.7. The van der Waals surface area contributed by atoms with Crippen LogP contribution in [-0.4, -0.2) is 11.5 Å². The van der Waals surface area contributed by atoms with Crippen LogP contribution < -0.4 is 10.1 Å². The van der Waals surface area contributed by atoms with Crippen LogP contribution in [0.4, 0.5) is 11.4 Å². The molecule has 25 heavy (non-hydrogen) atoms. The number of allylic oxidation sites excluding steroid dienone is 2. The summed E-state index contributed by atoms with van der Waals surface area (Å²) in [5, 5.41) is 14.6. The van der Waals surface area contributed by atoms with Gasteiger partial charge in [0.05, 0.1) is 23.3 Å². The van der Waals surface area contributed by atoms with Gasteiger partial charge in [0.2, 0.25) is 0 Å². The van der Waals surface area contributed by atoms with Crippen LogP contribution in [0.5, 0.6) is 5.75 Å². The van der Waals surface area contributed by atoms with Gasteiger partial charge in [-0.1, -0.05) is 36.4 Å². The van der Waals surface area contributed by atoms with Gasteiger partial charge in [-0.25, -0.2) is 0 Å². The van der Waals surface area contributed by atoms with Crippen molar-refractivity contribution in [1.29, 1.82) is 0 Å². The molecule has 1 aliphatic heterocycles. The Labute approximate surface area is 146 Å². The lowest BCUT2D eigenvalue weighted by Crippen LogP contribution is -2.29. The summed E-state index contributed by atoms with van der Waals surface area (Å²) < 4.78 is 5.81. The molecule has 0 radical (unpaired) electrons.